The highest BCUT2D eigenvalue weighted by Gasteiger charge is 2.14. The summed E-state index contributed by atoms with van der Waals surface area (Å²) in [5.74, 6) is 0.666. The van der Waals surface area contributed by atoms with E-state index in [-0.39, 0.29) is 12.0 Å². The lowest BCUT2D eigenvalue weighted by molar-refractivity contribution is 0.0657. The summed E-state index contributed by atoms with van der Waals surface area (Å²) in [5.41, 5.74) is 2.03. The van der Waals surface area contributed by atoms with Gasteiger partial charge in [0.15, 0.2) is 0 Å². The van der Waals surface area contributed by atoms with E-state index in [0.29, 0.717) is 34.4 Å². The number of rotatable bonds is 7. The van der Waals surface area contributed by atoms with Gasteiger partial charge in [-0.2, -0.15) is 0 Å². The van der Waals surface area contributed by atoms with Gasteiger partial charge in [-0.3, -0.25) is 4.79 Å². The third-order valence-electron chi connectivity index (χ3n) is 3.52. The number of amides is 1. The fraction of sp³-hybridized carbons (Fsp3) is 0.316. The van der Waals surface area contributed by atoms with E-state index in [9.17, 15) is 4.79 Å². The lowest BCUT2D eigenvalue weighted by Crippen LogP contribution is -2.13. The SMILES string of the molecule is COc1cc(NC(=O)c2ccc(COC(C)C)cc2)c(OC)cc1Cl. The van der Waals surface area contributed by atoms with Crippen LogP contribution in [0.15, 0.2) is 36.4 Å². The van der Waals surface area contributed by atoms with Crippen molar-refractivity contribution in [2.24, 2.45) is 0 Å². The summed E-state index contributed by atoms with van der Waals surface area (Å²) in [6, 6.07) is 10.5. The molecule has 2 aromatic rings. The zero-order valence-electron chi connectivity index (χ0n) is 14.8. The first-order valence-electron chi connectivity index (χ1n) is 7.88. The molecule has 0 aliphatic heterocycles. The average molecular weight is 364 g/mol. The van der Waals surface area contributed by atoms with Crippen LogP contribution in [0, 0.1) is 0 Å². The smallest absolute Gasteiger partial charge is 0.255 e. The number of anilines is 1. The van der Waals surface area contributed by atoms with Gasteiger partial charge >= 0.3 is 0 Å². The Kier molecular flexibility index (Phi) is 6.67. The molecule has 6 heteroatoms. The van der Waals surface area contributed by atoms with Gasteiger partial charge in [0.1, 0.15) is 11.5 Å². The third kappa shape index (κ3) is 5.11. The number of hydrogen-bond donors (Lipinski definition) is 1. The minimum Gasteiger partial charge on any atom is -0.495 e. The molecule has 0 atom stereocenters. The summed E-state index contributed by atoms with van der Waals surface area (Å²) in [6.07, 6.45) is 0.162. The predicted octanol–water partition coefficient (Wildman–Crippen LogP) is 4.53. The van der Waals surface area contributed by atoms with Crippen molar-refractivity contribution in [2.45, 2.75) is 26.6 Å². The predicted molar refractivity (Wildman–Crippen MR) is 98.9 cm³/mol. The van der Waals surface area contributed by atoms with Gasteiger partial charge < -0.3 is 19.5 Å². The molecule has 0 aliphatic rings. The monoisotopic (exact) mass is 363 g/mol. The molecule has 0 aliphatic carbocycles. The van der Waals surface area contributed by atoms with Crippen LogP contribution in [0.25, 0.3) is 0 Å². The van der Waals surface area contributed by atoms with Gasteiger partial charge in [0.2, 0.25) is 0 Å². The van der Waals surface area contributed by atoms with Gasteiger partial charge in [0.05, 0.1) is 37.6 Å². The molecule has 134 valence electrons. The van der Waals surface area contributed by atoms with Crippen LogP contribution in [-0.4, -0.2) is 26.2 Å². The summed E-state index contributed by atoms with van der Waals surface area (Å²) in [6.45, 7) is 4.48. The summed E-state index contributed by atoms with van der Waals surface area (Å²) in [4.78, 5) is 12.5. The summed E-state index contributed by atoms with van der Waals surface area (Å²) < 4.78 is 16.0. The second kappa shape index (κ2) is 8.74. The molecule has 0 aromatic heterocycles. The number of ether oxygens (including phenoxy) is 3. The highest BCUT2D eigenvalue weighted by molar-refractivity contribution is 6.32. The second-order valence-corrected chi connectivity index (χ2v) is 6.11. The number of carbonyl (C=O) groups is 1. The molecule has 2 aromatic carbocycles. The van der Waals surface area contributed by atoms with Crippen LogP contribution in [0.2, 0.25) is 5.02 Å². The van der Waals surface area contributed by atoms with Crippen LogP contribution >= 0.6 is 11.6 Å². The lowest BCUT2D eigenvalue weighted by Gasteiger charge is -2.13. The van der Waals surface area contributed by atoms with Crippen molar-refractivity contribution in [3.05, 3.63) is 52.5 Å². The molecule has 0 bridgehead atoms. The van der Waals surface area contributed by atoms with Crippen LogP contribution in [0.4, 0.5) is 5.69 Å². The molecular weight excluding hydrogens is 342 g/mol. The highest BCUT2D eigenvalue weighted by Crippen LogP contribution is 2.36. The zero-order valence-corrected chi connectivity index (χ0v) is 15.5. The Hall–Kier alpha value is -2.24. The Bertz CT molecular complexity index is 729. The normalized spacial score (nSPS) is 10.6. The Morgan fingerprint density at radius 1 is 1.08 bits per heavy atom. The van der Waals surface area contributed by atoms with Gasteiger partial charge in [-0.05, 0) is 31.5 Å². The minimum absolute atomic E-state index is 0.162. The standard InChI is InChI=1S/C19H22ClNO4/c1-12(2)25-11-13-5-7-14(8-6-13)19(22)21-16-10-17(23-3)15(20)9-18(16)24-4/h5-10,12H,11H2,1-4H3,(H,21,22). The third-order valence-corrected chi connectivity index (χ3v) is 3.82. The molecule has 0 fully saturated rings. The lowest BCUT2D eigenvalue weighted by atomic mass is 10.1. The maximum atomic E-state index is 12.5. The highest BCUT2D eigenvalue weighted by atomic mass is 35.5. The largest absolute Gasteiger partial charge is 0.495 e. The summed E-state index contributed by atoms with van der Waals surface area (Å²) >= 11 is 6.07. The van der Waals surface area contributed by atoms with E-state index in [1.54, 1.807) is 24.3 Å². The van der Waals surface area contributed by atoms with Gasteiger partial charge in [-0.1, -0.05) is 23.7 Å². The van der Waals surface area contributed by atoms with Crippen molar-refractivity contribution in [3.63, 3.8) is 0 Å². The molecule has 1 amide bonds. The molecule has 0 unspecified atom stereocenters. The number of methoxy groups -OCH3 is 2. The van der Waals surface area contributed by atoms with Gasteiger partial charge in [-0.25, -0.2) is 0 Å². The Balaban J connectivity index is 2.14. The topological polar surface area (TPSA) is 56.8 Å². The van der Waals surface area contributed by atoms with Crippen molar-refractivity contribution >= 4 is 23.2 Å². The van der Waals surface area contributed by atoms with E-state index in [4.69, 9.17) is 25.8 Å². The first-order chi connectivity index (χ1) is 11.9. The zero-order chi connectivity index (χ0) is 18.4. The van der Waals surface area contributed by atoms with E-state index in [1.807, 2.05) is 26.0 Å². The van der Waals surface area contributed by atoms with Gasteiger partial charge in [0.25, 0.3) is 5.91 Å². The molecule has 1 N–H and O–H groups in total. The van der Waals surface area contributed by atoms with Crippen molar-refractivity contribution in [3.8, 4) is 11.5 Å². The quantitative estimate of drug-likeness (QED) is 0.784. The molecule has 0 saturated heterocycles. The van der Waals surface area contributed by atoms with E-state index in [1.165, 1.54) is 14.2 Å². The van der Waals surface area contributed by atoms with E-state index in [0.717, 1.165) is 5.56 Å². The van der Waals surface area contributed by atoms with Crippen molar-refractivity contribution in [1.29, 1.82) is 0 Å². The van der Waals surface area contributed by atoms with Crippen LogP contribution in [-0.2, 0) is 11.3 Å². The number of hydrogen-bond acceptors (Lipinski definition) is 4. The van der Waals surface area contributed by atoms with E-state index < -0.39 is 0 Å². The van der Waals surface area contributed by atoms with Crippen LogP contribution in [0.1, 0.15) is 29.8 Å². The van der Waals surface area contributed by atoms with Crippen molar-refractivity contribution in [2.75, 3.05) is 19.5 Å². The maximum absolute atomic E-state index is 12.5. The Morgan fingerprint density at radius 2 is 1.72 bits per heavy atom. The fourth-order valence-electron chi connectivity index (χ4n) is 2.17. The van der Waals surface area contributed by atoms with Crippen LogP contribution in [0.3, 0.4) is 0 Å². The van der Waals surface area contributed by atoms with Crippen LogP contribution < -0.4 is 14.8 Å². The molecule has 0 spiro atoms. The maximum Gasteiger partial charge on any atom is 0.255 e. The Morgan fingerprint density at radius 3 is 2.28 bits per heavy atom. The molecule has 2 rings (SSSR count). The van der Waals surface area contributed by atoms with Gasteiger partial charge in [-0.15, -0.1) is 0 Å². The molecule has 25 heavy (non-hydrogen) atoms. The number of halogens is 1. The first-order valence-corrected chi connectivity index (χ1v) is 8.25. The summed E-state index contributed by atoms with van der Waals surface area (Å²) in [5, 5.41) is 3.22. The first kappa shape index (κ1) is 19.1. The van der Waals surface area contributed by atoms with Crippen molar-refractivity contribution < 1.29 is 19.0 Å². The Labute approximate surface area is 152 Å². The molecule has 5 nitrogen and oxygen atoms in total. The van der Waals surface area contributed by atoms with E-state index >= 15 is 0 Å². The van der Waals surface area contributed by atoms with Gasteiger partial charge in [0, 0.05) is 17.7 Å². The minimum atomic E-state index is -0.251. The fourth-order valence-corrected chi connectivity index (χ4v) is 2.40. The molecule has 0 heterocycles. The van der Waals surface area contributed by atoms with E-state index in [2.05, 4.69) is 5.32 Å². The second-order valence-electron chi connectivity index (χ2n) is 5.70. The molecule has 0 radical (unpaired) electrons. The van der Waals surface area contributed by atoms with Crippen molar-refractivity contribution in [1.82, 2.24) is 0 Å². The number of carbonyl (C=O) groups excluding carboxylic acids is 1. The van der Waals surface area contributed by atoms with Crippen LogP contribution in [0.5, 0.6) is 11.5 Å². The number of benzene rings is 2. The average Bonchev–Trinajstić information content (AvgIpc) is 2.61. The molecule has 0 saturated carbocycles. The summed E-state index contributed by atoms with van der Waals surface area (Å²) in [7, 11) is 3.02. The molecular formula is C19H22ClNO4. The number of nitrogens with one attached hydrogen (secondary N) is 1.